The highest BCUT2D eigenvalue weighted by Crippen LogP contribution is 2.28. The van der Waals surface area contributed by atoms with Crippen LogP contribution in [0.15, 0.2) is 0 Å². The van der Waals surface area contributed by atoms with Gasteiger partial charge in [-0.3, -0.25) is 0 Å². The second-order valence-corrected chi connectivity index (χ2v) is 4.01. The fraction of sp³-hybridized carbons (Fsp3) is 1.00. The van der Waals surface area contributed by atoms with E-state index in [4.69, 9.17) is 0 Å². The Kier molecular flexibility index (Phi) is 5.72. The molecule has 0 bridgehead atoms. The molecule has 1 heteroatoms. The van der Waals surface area contributed by atoms with Gasteiger partial charge in [0, 0.05) is 0 Å². The first kappa shape index (κ1) is 11.1. The highest BCUT2D eigenvalue weighted by Gasteiger charge is 2.16. The normalized spacial score (nSPS) is 19.3. The first-order valence-corrected chi connectivity index (χ1v) is 5.13. The first-order valence-electron chi connectivity index (χ1n) is 5.13. The molecule has 2 unspecified atom stereocenters. The maximum absolute atomic E-state index is 2.40. The summed E-state index contributed by atoms with van der Waals surface area (Å²) < 4.78 is 0. The zero-order chi connectivity index (χ0) is 8.85. The summed E-state index contributed by atoms with van der Waals surface area (Å²) in [5.41, 5.74) is 0. The van der Waals surface area contributed by atoms with E-state index in [0.29, 0.717) is 0 Å². The monoisotopic (exact) mass is 154 g/mol. The highest BCUT2D eigenvalue weighted by atomic mass is 14.2. The molecule has 0 radical (unpaired) electrons. The maximum Gasteiger partial charge on any atom is 0.105 e. The van der Waals surface area contributed by atoms with Gasteiger partial charge in [0.1, 0.15) is 7.85 Å². The van der Waals surface area contributed by atoms with Crippen LogP contribution < -0.4 is 0 Å². The van der Waals surface area contributed by atoms with Crippen molar-refractivity contribution >= 4 is 7.85 Å². The molecule has 0 aromatic rings. The topological polar surface area (TPSA) is 0 Å². The summed E-state index contributed by atoms with van der Waals surface area (Å²) in [6.07, 6.45) is 4.06. The Bertz CT molecular complexity index is 90.9. The van der Waals surface area contributed by atoms with E-state index in [1.165, 1.54) is 19.3 Å². The Morgan fingerprint density at radius 1 is 1.18 bits per heavy atom. The Hall–Kier alpha value is 0.0649. The van der Waals surface area contributed by atoms with E-state index in [9.17, 15) is 0 Å². The molecule has 11 heavy (non-hydrogen) atoms. The molecular formula is C10H23B. The minimum Gasteiger partial charge on any atom is -0.0670 e. The second kappa shape index (κ2) is 5.68. The van der Waals surface area contributed by atoms with Gasteiger partial charge in [-0.15, -0.1) is 0 Å². The van der Waals surface area contributed by atoms with E-state index in [2.05, 4.69) is 35.5 Å². The largest absolute Gasteiger partial charge is 0.105 e. The molecule has 0 rings (SSSR count). The van der Waals surface area contributed by atoms with Crippen LogP contribution in [-0.2, 0) is 0 Å². The lowest BCUT2D eigenvalue weighted by Gasteiger charge is -2.24. The van der Waals surface area contributed by atoms with Gasteiger partial charge in [-0.1, -0.05) is 52.8 Å². The fourth-order valence-electron chi connectivity index (χ4n) is 1.65. The van der Waals surface area contributed by atoms with Crippen molar-refractivity contribution in [2.75, 3.05) is 0 Å². The molecule has 0 N–H and O–H groups in total. The van der Waals surface area contributed by atoms with Crippen LogP contribution >= 0.6 is 0 Å². The second-order valence-electron chi connectivity index (χ2n) is 4.01. The van der Waals surface area contributed by atoms with E-state index in [1.807, 2.05) is 0 Å². The zero-order valence-corrected chi connectivity index (χ0v) is 8.85. The lowest BCUT2D eigenvalue weighted by molar-refractivity contribution is 0.347. The van der Waals surface area contributed by atoms with Gasteiger partial charge in [0.25, 0.3) is 0 Å². The van der Waals surface area contributed by atoms with E-state index in [0.717, 1.165) is 17.7 Å². The predicted molar refractivity (Wildman–Crippen MR) is 55.8 cm³/mol. The summed E-state index contributed by atoms with van der Waals surface area (Å²) in [6, 6.07) is 0. The van der Waals surface area contributed by atoms with Crippen LogP contribution in [0.25, 0.3) is 0 Å². The van der Waals surface area contributed by atoms with Crippen LogP contribution in [0.5, 0.6) is 0 Å². The standard InChI is InChI=1S/C10H23B/c1-5-7-10(11)9(4)8(3)6-2/h8-10H,5-7,11H2,1-4H3/t8?,9-,10?/m1/s1. The molecule has 0 spiro atoms. The minimum atomic E-state index is 0.900. The van der Waals surface area contributed by atoms with Gasteiger partial charge in [-0.05, 0) is 11.8 Å². The smallest absolute Gasteiger partial charge is 0.0670 e. The number of hydrogen-bond acceptors (Lipinski definition) is 0. The van der Waals surface area contributed by atoms with Crippen molar-refractivity contribution in [1.82, 2.24) is 0 Å². The third kappa shape index (κ3) is 3.84. The lowest BCUT2D eigenvalue weighted by atomic mass is 9.69. The summed E-state index contributed by atoms with van der Waals surface area (Å²) in [7, 11) is 2.39. The van der Waals surface area contributed by atoms with Gasteiger partial charge in [0.05, 0.1) is 0 Å². The van der Waals surface area contributed by atoms with Crippen molar-refractivity contribution < 1.29 is 0 Å². The van der Waals surface area contributed by atoms with Crippen LogP contribution in [0.1, 0.15) is 47.0 Å². The van der Waals surface area contributed by atoms with E-state index in [1.54, 1.807) is 0 Å². The summed E-state index contributed by atoms with van der Waals surface area (Å²) in [5, 5.41) is 0. The van der Waals surface area contributed by atoms with Crippen molar-refractivity contribution in [3.05, 3.63) is 0 Å². The van der Waals surface area contributed by atoms with Gasteiger partial charge in [-0.25, -0.2) is 0 Å². The molecule has 0 fully saturated rings. The first-order chi connectivity index (χ1) is 5.13. The quantitative estimate of drug-likeness (QED) is 0.534. The van der Waals surface area contributed by atoms with Crippen LogP contribution in [0.3, 0.4) is 0 Å². The van der Waals surface area contributed by atoms with E-state index >= 15 is 0 Å². The third-order valence-corrected chi connectivity index (χ3v) is 3.18. The van der Waals surface area contributed by atoms with Crippen LogP contribution in [0, 0.1) is 11.8 Å². The molecule has 3 atom stereocenters. The Balaban J connectivity index is 3.70. The van der Waals surface area contributed by atoms with Gasteiger partial charge in [0.15, 0.2) is 0 Å². The average molecular weight is 154 g/mol. The van der Waals surface area contributed by atoms with Crippen LogP contribution in [0.2, 0.25) is 5.82 Å². The van der Waals surface area contributed by atoms with Crippen molar-refractivity contribution in [3.8, 4) is 0 Å². The summed E-state index contributed by atoms with van der Waals surface area (Å²) in [5.74, 6) is 2.71. The highest BCUT2D eigenvalue weighted by molar-refractivity contribution is 6.11. The third-order valence-electron chi connectivity index (χ3n) is 3.18. The molecular weight excluding hydrogens is 131 g/mol. The fourth-order valence-corrected chi connectivity index (χ4v) is 1.65. The summed E-state index contributed by atoms with van der Waals surface area (Å²) in [6.45, 7) is 9.34. The molecule has 0 amide bonds. The van der Waals surface area contributed by atoms with Crippen molar-refractivity contribution in [2.24, 2.45) is 11.8 Å². The zero-order valence-electron chi connectivity index (χ0n) is 8.85. The molecule has 66 valence electrons. The van der Waals surface area contributed by atoms with E-state index in [-0.39, 0.29) is 0 Å². The average Bonchev–Trinajstić information content (AvgIpc) is 2.02. The van der Waals surface area contributed by atoms with Gasteiger partial charge >= 0.3 is 0 Å². The molecule has 0 aliphatic rings. The minimum absolute atomic E-state index is 0.900. The van der Waals surface area contributed by atoms with Gasteiger partial charge < -0.3 is 0 Å². The molecule has 0 aromatic heterocycles. The van der Waals surface area contributed by atoms with E-state index < -0.39 is 0 Å². The molecule has 0 nitrogen and oxygen atoms in total. The predicted octanol–water partition coefficient (Wildman–Crippen LogP) is 2.89. The lowest BCUT2D eigenvalue weighted by Crippen LogP contribution is -2.13. The Morgan fingerprint density at radius 3 is 2.09 bits per heavy atom. The SMILES string of the molecule is BC(CCC)[C@H](C)C(C)CC. The molecule has 0 aliphatic carbocycles. The van der Waals surface area contributed by atoms with Gasteiger partial charge in [0.2, 0.25) is 0 Å². The molecule has 0 saturated carbocycles. The molecule has 0 aliphatic heterocycles. The molecule has 0 heterocycles. The number of hydrogen-bond donors (Lipinski definition) is 0. The van der Waals surface area contributed by atoms with Crippen molar-refractivity contribution in [1.29, 1.82) is 0 Å². The van der Waals surface area contributed by atoms with Crippen molar-refractivity contribution in [3.63, 3.8) is 0 Å². The van der Waals surface area contributed by atoms with Crippen LogP contribution in [-0.4, -0.2) is 7.85 Å². The summed E-state index contributed by atoms with van der Waals surface area (Å²) in [4.78, 5) is 0. The summed E-state index contributed by atoms with van der Waals surface area (Å²) >= 11 is 0. The Morgan fingerprint density at radius 2 is 1.73 bits per heavy atom. The molecule has 0 aromatic carbocycles. The number of rotatable bonds is 5. The Labute approximate surface area is 73.2 Å². The maximum atomic E-state index is 2.40. The molecule has 0 saturated heterocycles. The van der Waals surface area contributed by atoms with Gasteiger partial charge in [-0.2, -0.15) is 0 Å². The van der Waals surface area contributed by atoms with Crippen molar-refractivity contribution in [2.45, 2.75) is 52.8 Å². The van der Waals surface area contributed by atoms with Crippen LogP contribution in [0.4, 0.5) is 0 Å².